The van der Waals surface area contributed by atoms with Gasteiger partial charge in [0, 0.05) is 35.8 Å². The van der Waals surface area contributed by atoms with Gasteiger partial charge in [0.2, 0.25) is 0 Å². The van der Waals surface area contributed by atoms with Gasteiger partial charge in [-0.15, -0.1) is 0 Å². The van der Waals surface area contributed by atoms with Crippen molar-refractivity contribution in [2.75, 3.05) is 20.2 Å². The Balaban J connectivity index is 1.27. The van der Waals surface area contributed by atoms with Crippen molar-refractivity contribution in [2.45, 2.75) is 17.1 Å². The zero-order valence-electron chi connectivity index (χ0n) is 19.7. The minimum atomic E-state index is -3.86. The Labute approximate surface area is 209 Å². The smallest absolute Gasteiger partial charge is 0.253 e. The van der Waals surface area contributed by atoms with Gasteiger partial charge in [-0.3, -0.25) is 9.78 Å². The Kier molecular flexibility index (Phi) is 6.45. The third-order valence-electron chi connectivity index (χ3n) is 6.52. The number of amides is 1. The number of sulfone groups is 1. The van der Waals surface area contributed by atoms with Crippen molar-refractivity contribution in [2.24, 2.45) is 5.92 Å². The predicted molar refractivity (Wildman–Crippen MR) is 135 cm³/mol. The molecule has 1 aromatic heterocycles. The molecule has 0 radical (unpaired) electrons. The first-order valence-corrected chi connectivity index (χ1v) is 13.3. The molecule has 36 heavy (non-hydrogen) atoms. The van der Waals surface area contributed by atoms with Crippen LogP contribution in [0, 0.1) is 11.7 Å². The third kappa shape index (κ3) is 4.68. The number of aromatic nitrogens is 1. The van der Waals surface area contributed by atoms with E-state index < -0.39 is 21.4 Å². The maximum atomic E-state index is 14.9. The molecule has 0 unspecified atom stereocenters. The molecule has 184 valence electrons. The Morgan fingerprint density at radius 2 is 1.81 bits per heavy atom. The maximum absolute atomic E-state index is 14.9. The Morgan fingerprint density at radius 1 is 1.03 bits per heavy atom. The number of carbonyl (C=O) groups is 1. The maximum Gasteiger partial charge on any atom is 0.253 e. The van der Waals surface area contributed by atoms with Gasteiger partial charge < -0.3 is 9.64 Å². The van der Waals surface area contributed by atoms with Crippen molar-refractivity contribution < 1.29 is 22.3 Å². The number of halogens is 1. The number of rotatable bonds is 7. The molecule has 1 fully saturated rings. The van der Waals surface area contributed by atoms with Gasteiger partial charge >= 0.3 is 0 Å². The minimum Gasteiger partial charge on any atom is -0.496 e. The van der Waals surface area contributed by atoms with Crippen LogP contribution in [0.25, 0.3) is 10.9 Å². The fraction of sp³-hybridized carbons (Fsp3) is 0.214. The SMILES string of the molecule is COc1ccccc1CC1CN(C(=O)c2ccc(CS(=O)(=O)c3cccc4cccnc34)c(F)c2)C1. The second kappa shape index (κ2) is 9.70. The summed E-state index contributed by atoms with van der Waals surface area (Å²) in [6.07, 6.45) is 2.32. The summed E-state index contributed by atoms with van der Waals surface area (Å²) in [5.41, 5.74) is 1.66. The van der Waals surface area contributed by atoms with Crippen LogP contribution in [0.5, 0.6) is 5.75 Å². The van der Waals surface area contributed by atoms with Gasteiger partial charge in [-0.25, -0.2) is 12.8 Å². The van der Waals surface area contributed by atoms with E-state index in [0.29, 0.717) is 29.9 Å². The highest BCUT2D eigenvalue weighted by molar-refractivity contribution is 7.90. The molecule has 8 heteroatoms. The van der Waals surface area contributed by atoms with Gasteiger partial charge in [0.25, 0.3) is 5.91 Å². The standard InChI is InChI=1S/C28H25FN2O4S/c1-35-25-9-3-2-6-21(25)14-19-16-31(17-19)28(32)22-11-12-23(24(29)15-22)18-36(33,34)26-10-4-7-20-8-5-13-30-27(20)26/h2-13,15,19H,14,16-18H2,1H3. The van der Waals surface area contributed by atoms with Crippen molar-refractivity contribution in [3.05, 3.63) is 102 Å². The van der Waals surface area contributed by atoms with E-state index in [9.17, 15) is 17.6 Å². The van der Waals surface area contributed by atoms with Crippen LogP contribution in [-0.4, -0.2) is 44.4 Å². The highest BCUT2D eigenvalue weighted by Crippen LogP contribution is 2.28. The number of para-hydroxylation sites is 2. The lowest BCUT2D eigenvalue weighted by atomic mass is 9.91. The third-order valence-corrected chi connectivity index (χ3v) is 8.21. The van der Waals surface area contributed by atoms with Crippen LogP contribution in [0.2, 0.25) is 0 Å². The van der Waals surface area contributed by atoms with Gasteiger partial charge in [-0.05, 0) is 48.2 Å². The van der Waals surface area contributed by atoms with E-state index in [2.05, 4.69) is 4.98 Å². The molecule has 1 saturated heterocycles. The van der Waals surface area contributed by atoms with E-state index in [1.54, 1.807) is 36.3 Å². The van der Waals surface area contributed by atoms with Crippen LogP contribution < -0.4 is 4.74 Å². The first-order valence-electron chi connectivity index (χ1n) is 11.6. The van der Waals surface area contributed by atoms with Crippen LogP contribution in [0.4, 0.5) is 4.39 Å². The van der Waals surface area contributed by atoms with Gasteiger partial charge in [0.05, 0.1) is 23.3 Å². The Morgan fingerprint density at radius 3 is 2.58 bits per heavy atom. The zero-order chi connectivity index (χ0) is 25.3. The van der Waals surface area contributed by atoms with Crippen molar-refractivity contribution in [1.29, 1.82) is 0 Å². The van der Waals surface area contributed by atoms with E-state index >= 15 is 0 Å². The number of pyridine rings is 1. The van der Waals surface area contributed by atoms with E-state index in [-0.39, 0.29) is 21.9 Å². The fourth-order valence-corrected chi connectivity index (χ4v) is 6.19. The largest absolute Gasteiger partial charge is 0.496 e. The van der Waals surface area contributed by atoms with Crippen molar-refractivity contribution in [3.63, 3.8) is 0 Å². The van der Waals surface area contributed by atoms with Gasteiger partial charge in [0.15, 0.2) is 9.84 Å². The Hall–Kier alpha value is -3.78. The van der Waals surface area contributed by atoms with Gasteiger partial charge in [0.1, 0.15) is 11.6 Å². The number of hydrogen-bond donors (Lipinski definition) is 0. The molecule has 6 nitrogen and oxygen atoms in total. The highest BCUT2D eigenvalue weighted by atomic mass is 32.2. The van der Waals surface area contributed by atoms with Crippen LogP contribution in [0.15, 0.2) is 83.9 Å². The van der Waals surface area contributed by atoms with Crippen LogP contribution in [0.3, 0.4) is 0 Å². The molecular weight excluding hydrogens is 479 g/mol. The lowest BCUT2D eigenvalue weighted by molar-refractivity contribution is 0.0500. The molecule has 3 aromatic carbocycles. The lowest BCUT2D eigenvalue weighted by Crippen LogP contribution is -2.50. The quantitative estimate of drug-likeness (QED) is 0.366. The minimum absolute atomic E-state index is 0.0112. The fourth-order valence-electron chi connectivity index (χ4n) is 4.64. The summed E-state index contributed by atoms with van der Waals surface area (Å²) in [6.45, 7) is 1.14. The van der Waals surface area contributed by atoms with Crippen molar-refractivity contribution >= 4 is 26.6 Å². The number of methoxy groups -OCH3 is 1. The number of benzene rings is 3. The number of nitrogens with zero attached hydrogens (tertiary/aromatic N) is 2. The number of carbonyl (C=O) groups excluding carboxylic acids is 1. The summed E-state index contributed by atoms with van der Waals surface area (Å²) in [5, 5.41) is 0.693. The molecule has 0 saturated carbocycles. The number of fused-ring (bicyclic) bond motifs is 1. The molecule has 1 aliphatic rings. The average Bonchev–Trinajstić information content (AvgIpc) is 2.86. The zero-order valence-corrected chi connectivity index (χ0v) is 20.5. The number of hydrogen-bond acceptors (Lipinski definition) is 5. The van der Waals surface area contributed by atoms with Crippen LogP contribution >= 0.6 is 0 Å². The lowest BCUT2D eigenvalue weighted by Gasteiger charge is -2.39. The van der Waals surface area contributed by atoms with E-state index in [1.165, 1.54) is 24.4 Å². The van der Waals surface area contributed by atoms with E-state index in [1.807, 2.05) is 24.3 Å². The molecule has 1 amide bonds. The van der Waals surface area contributed by atoms with Crippen molar-refractivity contribution in [1.82, 2.24) is 9.88 Å². The molecule has 2 heterocycles. The second-order valence-corrected chi connectivity index (χ2v) is 10.9. The summed E-state index contributed by atoms with van der Waals surface area (Å²) in [7, 11) is -2.22. The van der Waals surface area contributed by atoms with E-state index in [0.717, 1.165) is 23.8 Å². The molecule has 5 rings (SSSR count). The molecular formula is C28H25FN2O4S. The summed E-state index contributed by atoms with van der Waals surface area (Å²) < 4.78 is 46.5. The molecule has 0 atom stereocenters. The summed E-state index contributed by atoms with van der Waals surface area (Å²) in [4.78, 5) is 18.8. The van der Waals surface area contributed by atoms with Gasteiger partial charge in [-0.2, -0.15) is 0 Å². The monoisotopic (exact) mass is 504 g/mol. The molecule has 0 aliphatic carbocycles. The topological polar surface area (TPSA) is 76.6 Å². The molecule has 1 aliphatic heterocycles. The summed E-state index contributed by atoms with van der Waals surface area (Å²) >= 11 is 0. The second-order valence-electron chi connectivity index (χ2n) is 8.99. The van der Waals surface area contributed by atoms with Gasteiger partial charge in [-0.1, -0.05) is 42.5 Å². The highest BCUT2D eigenvalue weighted by Gasteiger charge is 2.32. The molecule has 0 bridgehead atoms. The number of ether oxygens (including phenoxy) is 1. The van der Waals surface area contributed by atoms with Crippen LogP contribution in [0.1, 0.15) is 21.5 Å². The Bertz CT molecular complexity index is 1540. The van der Waals surface area contributed by atoms with Crippen molar-refractivity contribution in [3.8, 4) is 5.75 Å². The number of likely N-dealkylation sites (tertiary alicyclic amines) is 1. The molecule has 0 spiro atoms. The normalized spacial score (nSPS) is 14.0. The predicted octanol–water partition coefficient (Wildman–Crippen LogP) is 4.67. The molecule has 4 aromatic rings. The average molecular weight is 505 g/mol. The summed E-state index contributed by atoms with van der Waals surface area (Å²) in [5.74, 6) is -0.377. The van der Waals surface area contributed by atoms with Crippen LogP contribution in [-0.2, 0) is 22.0 Å². The first kappa shape index (κ1) is 23.9. The summed E-state index contributed by atoms with van der Waals surface area (Å²) in [6, 6.07) is 20.2. The molecule has 0 N–H and O–H groups in total. The first-order chi connectivity index (χ1) is 17.4. The van der Waals surface area contributed by atoms with E-state index in [4.69, 9.17) is 4.74 Å².